The van der Waals surface area contributed by atoms with E-state index in [0.717, 1.165) is 82.8 Å². The Bertz CT molecular complexity index is 3320. The van der Waals surface area contributed by atoms with Crippen molar-refractivity contribution in [3.8, 4) is 67.5 Å². The Labute approximate surface area is 328 Å². The van der Waals surface area contributed by atoms with Gasteiger partial charge in [0.1, 0.15) is 22.3 Å². The van der Waals surface area contributed by atoms with Gasteiger partial charge in [0, 0.05) is 38.2 Å². The van der Waals surface area contributed by atoms with Crippen molar-refractivity contribution in [3.63, 3.8) is 0 Å². The minimum Gasteiger partial charge on any atom is -0.456 e. The van der Waals surface area contributed by atoms with Gasteiger partial charge in [-0.3, -0.25) is 0 Å². The average Bonchev–Trinajstić information content (AvgIpc) is 3.84. The van der Waals surface area contributed by atoms with Gasteiger partial charge in [0.2, 0.25) is 0 Å². The highest BCUT2D eigenvalue weighted by Crippen LogP contribution is 2.40. The van der Waals surface area contributed by atoms with Crippen LogP contribution in [0.2, 0.25) is 0 Å². The standard InChI is InChI=1S/C52H33N3O2/c1-32-11-7-14-34(27-32)36-16-9-18-38(29-36)50-53-51(39-23-25-43-42-19-5-6-21-45(42)56-47(43)30-39)55-52(54-50)40-24-26-44-48(31-40)57-46-22-10-20-41(49(44)46)37-17-8-15-35(28-37)33-12-3-2-4-13-33/h2-31H,1H3. The number of fused-ring (bicyclic) bond motifs is 6. The maximum Gasteiger partial charge on any atom is 0.164 e. The molecule has 5 heteroatoms. The van der Waals surface area contributed by atoms with Gasteiger partial charge in [0.25, 0.3) is 0 Å². The summed E-state index contributed by atoms with van der Waals surface area (Å²) in [6.45, 7) is 2.11. The van der Waals surface area contributed by atoms with Crippen LogP contribution in [0.25, 0.3) is 111 Å². The fourth-order valence-corrected chi connectivity index (χ4v) is 7.99. The molecule has 0 saturated heterocycles. The van der Waals surface area contributed by atoms with Crippen LogP contribution in [0.5, 0.6) is 0 Å². The molecule has 5 nitrogen and oxygen atoms in total. The van der Waals surface area contributed by atoms with Crippen LogP contribution in [0.3, 0.4) is 0 Å². The first kappa shape index (κ1) is 32.8. The molecule has 3 aromatic heterocycles. The Morgan fingerprint density at radius 3 is 1.56 bits per heavy atom. The molecule has 0 bridgehead atoms. The lowest BCUT2D eigenvalue weighted by molar-refractivity contribution is 0.668. The van der Waals surface area contributed by atoms with Crippen molar-refractivity contribution >= 4 is 43.9 Å². The van der Waals surface area contributed by atoms with E-state index in [4.69, 9.17) is 23.8 Å². The van der Waals surface area contributed by atoms with E-state index >= 15 is 0 Å². The molecule has 11 aromatic rings. The van der Waals surface area contributed by atoms with Crippen molar-refractivity contribution in [3.05, 3.63) is 188 Å². The first-order chi connectivity index (χ1) is 28.1. The van der Waals surface area contributed by atoms with Crippen LogP contribution in [-0.2, 0) is 0 Å². The van der Waals surface area contributed by atoms with Gasteiger partial charge in [-0.25, -0.2) is 15.0 Å². The molecule has 0 radical (unpaired) electrons. The summed E-state index contributed by atoms with van der Waals surface area (Å²) < 4.78 is 12.9. The molecule has 0 spiro atoms. The lowest BCUT2D eigenvalue weighted by Gasteiger charge is -2.10. The van der Waals surface area contributed by atoms with Gasteiger partial charge >= 0.3 is 0 Å². The Balaban J connectivity index is 1.06. The zero-order chi connectivity index (χ0) is 37.9. The van der Waals surface area contributed by atoms with Gasteiger partial charge in [-0.1, -0.05) is 139 Å². The molecular formula is C52H33N3O2. The lowest BCUT2D eigenvalue weighted by atomic mass is 9.96. The second-order valence-corrected chi connectivity index (χ2v) is 14.5. The van der Waals surface area contributed by atoms with Gasteiger partial charge < -0.3 is 8.83 Å². The summed E-state index contributed by atoms with van der Waals surface area (Å²) in [5, 5.41) is 4.24. The number of rotatable bonds is 6. The Kier molecular flexibility index (Phi) is 7.64. The topological polar surface area (TPSA) is 65.0 Å². The molecule has 268 valence electrons. The van der Waals surface area contributed by atoms with E-state index in [0.29, 0.717) is 17.5 Å². The molecule has 0 aliphatic heterocycles. The normalized spacial score (nSPS) is 11.6. The molecule has 8 aromatic carbocycles. The van der Waals surface area contributed by atoms with E-state index in [2.05, 4.69) is 146 Å². The van der Waals surface area contributed by atoms with Crippen molar-refractivity contribution < 1.29 is 8.83 Å². The first-order valence-corrected chi connectivity index (χ1v) is 19.1. The van der Waals surface area contributed by atoms with Crippen molar-refractivity contribution in [1.82, 2.24) is 15.0 Å². The summed E-state index contributed by atoms with van der Waals surface area (Å²) in [7, 11) is 0. The highest BCUT2D eigenvalue weighted by molar-refractivity contribution is 6.13. The van der Waals surface area contributed by atoms with Crippen LogP contribution in [-0.4, -0.2) is 15.0 Å². The highest BCUT2D eigenvalue weighted by Gasteiger charge is 2.18. The third-order valence-electron chi connectivity index (χ3n) is 10.8. The Hall–Kier alpha value is -7.63. The van der Waals surface area contributed by atoms with E-state index in [1.807, 2.05) is 42.5 Å². The maximum atomic E-state index is 6.59. The van der Waals surface area contributed by atoms with Crippen LogP contribution in [0.1, 0.15) is 5.56 Å². The fraction of sp³-hybridized carbons (Fsp3) is 0.0192. The molecule has 0 atom stereocenters. The van der Waals surface area contributed by atoms with Crippen molar-refractivity contribution in [1.29, 1.82) is 0 Å². The highest BCUT2D eigenvalue weighted by atomic mass is 16.3. The van der Waals surface area contributed by atoms with Crippen LogP contribution in [0.15, 0.2) is 191 Å². The van der Waals surface area contributed by atoms with Crippen LogP contribution >= 0.6 is 0 Å². The third-order valence-corrected chi connectivity index (χ3v) is 10.8. The molecule has 0 aliphatic carbocycles. The number of aromatic nitrogens is 3. The van der Waals surface area contributed by atoms with E-state index < -0.39 is 0 Å². The van der Waals surface area contributed by atoms with Crippen molar-refractivity contribution in [2.45, 2.75) is 6.92 Å². The number of para-hydroxylation sites is 1. The Morgan fingerprint density at radius 1 is 0.316 bits per heavy atom. The summed E-state index contributed by atoms with van der Waals surface area (Å²) in [5.74, 6) is 1.70. The molecule has 0 saturated carbocycles. The maximum absolute atomic E-state index is 6.59. The minimum atomic E-state index is 0.554. The predicted molar refractivity (Wildman–Crippen MR) is 232 cm³/mol. The molecule has 3 heterocycles. The zero-order valence-electron chi connectivity index (χ0n) is 31.0. The van der Waals surface area contributed by atoms with E-state index in [1.165, 1.54) is 16.7 Å². The Morgan fingerprint density at radius 2 is 0.807 bits per heavy atom. The van der Waals surface area contributed by atoms with Gasteiger partial charge in [0.05, 0.1) is 0 Å². The van der Waals surface area contributed by atoms with Gasteiger partial charge in [-0.15, -0.1) is 0 Å². The molecule has 0 unspecified atom stereocenters. The molecule has 11 rings (SSSR count). The number of nitrogens with zero attached hydrogens (tertiary/aromatic N) is 3. The average molecular weight is 732 g/mol. The number of benzene rings is 8. The van der Waals surface area contributed by atoms with E-state index in [9.17, 15) is 0 Å². The second-order valence-electron chi connectivity index (χ2n) is 14.5. The van der Waals surface area contributed by atoms with Crippen LogP contribution < -0.4 is 0 Å². The molecule has 0 fully saturated rings. The van der Waals surface area contributed by atoms with E-state index in [-0.39, 0.29) is 0 Å². The largest absolute Gasteiger partial charge is 0.456 e. The van der Waals surface area contributed by atoms with Crippen LogP contribution in [0, 0.1) is 6.92 Å². The minimum absolute atomic E-state index is 0.554. The van der Waals surface area contributed by atoms with Crippen molar-refractivity contribution in [2.75, 3.05) is 0 Å². The summed E-state index contributed by atoms with van der Waals surface area (Å²) in [5.41, 5.74) is 13.9. The molecular weight excluding hydrogens is 699 g/mol. The predicted octanol–water partition coefficient (Wildman–Crippen LogP) is 14.0. The molecule has 0 amide bonds. The number of aryl methyl sites for hydroxylation is 1. The molecule has 0 aliphatic rings. The van der Waals surface area contributed by atoms with Gasteiger partial charge in [-0.05, 0) is 88.8 Å². The van der Waals surface area contributed by atoms with Gasteiger partial charge in [0.15, 0.2) is 17.5 Å². The smallest absolute Gasteiger partial charge is 0.164 e. The molecule has 0 N–H and O–H groups in total. The summed E-state index contributed by atoms with van der Waals surface area (Å²) >= 11 is 0. The fourth-order valence-electron chi connectivity index (χ4n) is 7.99. The number of hydrogen-bond acceptors (Lipinski definition) is 5. The quantitative estimate of drug-likeness (QED) is 0.170. The van der Waals surface area contributed by atoms with Crippen LogP contribution in [0.4, 0.5) is 0 Å². The summed E-state index contributed by atoms with van der Waals surface area (Å²) in [6.07, 6.45) is 0. The third kappa shape index (κ3) is 5.85. The second kappa shape index (κ2) is 13.3. The number of hydrogen-bond donors (Lipinski definition) is 0. The SMILES string of the molecule is Cc1cccc(-c2cccc(-c3nc(-c4ccc5c(c4)oc4ccccc45)nc(-c4ccc5c(c4)oc4cccc(-c6cccc(-c7ccccc7)c6)c45)n3)c2)c1. The summed E-state index contributed by atoms with van der Waals surface area (Å²) in [4.78, 5) is 15.3. The number of furan rings is 2. The van der Waals surface area contributed by atoms with Crippen molar-refractivity contribution in [2.24, 2.45) is 0 Å². The van der Waals surface area contributed by atoms with Gasteiger partial charge in [-0.2, -0.15) is 0 Å². The summed E-state index contributed by atoms with van der Waals surface area (Å²) in [6, 6.07) is 62.9. The monoisotopic (exact) mass is 731 g/mol. The molecule has 57 heavy (non-hydrogen) atoms. The first-order valence-electron chi connectivity index (χ1n) is 19.1. The van der Waals surface area contributed by atoms with E-state index in [1.54, 1.807) is 0 Å². The lowest BCUT2D eigenvalue weighted by Crippen LogP contribution is -2.00. The zero-order valence-corrected chi connectivity index (χ0v) is 31.0.